The van der Waals surface area contributed by atoms with Crippen LogP contribution < -0.4 is 15.5 Å². The van der Waals surface area contributed by atoms with E-state index in [1.165, 1.54) is 42.3 Å². The van der Waals surface area contributed by atoms with Gasteiger partial charge in [0.05, 0.1) is 7.11 Å². The normalized spacial score (nSPS) is 19.9. The first-order valence-electron chi connectivity index (χ1n) is 11.7. The molecule has 1 heterocycles. The number of methoxy groups -OCH3 is 1. The van der Waals surface area contributed by atoms with Gasteiger partial charge in [0.15, 0.2) is 0 Å². The molecule has 2 N–H and O–H groups in total. The molecule has 12 heteroatoms. The van der Waals surface area contributed by atoms with Gasteiger partial charge >= 0.3 is 6.09 Å². The van der Waals surface area contributed by atoms with Crippen LogP contribution in [0.5, 0.6) is 0 Å². The van der Waals surface area contributed by atoms with Crippen LogP contribution in [-0.2, 0) is 14.3 Å². The summed E-state index contributed by atoms with van der Waals surface area (Å²) < 4.78 is 46.2. The molecular weight excluding hydrogens is 513 g/mol. The molecule has 0 radical (unpaired) electrons. The lowest BCUT2D eigenvalue weighted by Gasteiger charge is -2.41. The summed E-state index contributed by atoms with van der Waals surface area (Å²) in [6, 6.07) is 7.99. The third-order valence-corrected chi connectivity index (χ3v) is 6.75. The highest BCUT2D eigenvalue weighted by molar-refractivity contribution is 6.31. The molecule has 2 aliphatic rings. The first-order chi connectivity index (χ1) is 17.6. The molecule has 0 unspecified atom stereocenters. The molecule has 8 nitrogen and oxygen atoms in total. The topological polar surface area (TPSA) is 91.0 Å². The second-order valence-corrected chi connectivity index (χ2v) is 9.37. The maximum absolute atomic E-state index is 14.4. The number of amides is 3. The molecule has 3 amide bonds. The van der Waals surface area contributed by atoms with Gasteiger partial charge in [-0.05, 0) is 24.3 Å². The lowest BCUT2D eigenvalue weighted by molar-refractivity contribution is -0.133. The minimum Gasteiger partial charge on any atom is -0.453 e. The van der Waals surface area contributed by atoms with Crippen molar-refractivity contribution in [3.8, 4) is 0 Å². The molecule has 1 aliphatic heterocycles. The molecule has 198 valence electrons. The van der Waals surface area contributed by atoms with Crippen molar-refractivity contribution < 1.29 is 32.3 Å². The van der Waals surface area contributed by atoms with E-state index in [-0.39, 0.29) is 29.4 Å². The van der Waals surface area contributed by atoms with E-state index in [1.54, 1.807) is 12.1 Å². The van der Waals surface area contributed by atoms with Gasteiger partial charge in [0, 0.05) is 54.8 Å². The van der Waals surface area contributed by atoms with E-state index in [0.717, 1.165) is 11.0 Å². The summed E-state index contributed by atoms with van der Waals surface area (Å²) in [6.07, 6.45) is -1.82. The van der Waals surface area contributed by atoms with Crippen molar-refractivity contribution in [3.05, 3.63) is 64.9 Å². The summed E-state index contributed by atoms with van der Waals surface area (Å²) in [5.74, 6) is -5.02. The maximum atomic E-state index is 14.4. The first-order valence-corrected chi connectivity index (χ1v) is 12.1. The highest BCUT2D eigenvalue weighted by atomic mass is 35.5. The van der Waals surface area contributed by atoms with Gasteiger partial charge in [-0.2, -0.15) is 0 Å². The number of rotatable bonds is 6. The molecule has 37 heavy (non-hydrogen) atoms. The minimum absolute atomic E-state index is 0.0272. The Morgan fingerprint density at radius 1 is 1.19 bits per heavy atom. The summed E-state index contributed by atoms with van der Waals surface area (Å²) >= 11 is 6.44. The van der Waals surface area contributed by atoms with Crippen LogP contribution in [0.4, 0.5) is 23.7 Å². The molecule has 0 spiro atoms. The number of carbonyl (C=O) groups is 3. The molecule has 2 aromatic carbocycles. The van der Waals surface area contributed by atoms with Crippen LogP contribution in [0.2, 0.25) is 5.02 Å². The third kappa shape index (κ3) is 5.83. The van der Waals surface area contributed by atoms with Gasteiger partial charge in [0.25, 0.3) is 11.8 Å². The highest BCUT2D eigenvalue weighted by Crippen LogP contribution is 2.39. The molecule has 0 aromatic heterocycles. The molecular formula is C25H26ClF3N4O4. The average Bonchev–Trinajstić information content (AvgIpc) is 2.85. The quantitative estimate of drug-likeness (QED) is 0.587. The van der Waals surface area contributed by atoms with E-state index in [2.05, 4.69) is 10.6 Å². The third-order valence-electron chi connectivity index (χ3n) is 6.40. The van der Waals surface area contributed by atoms with Crippen molar-refractivity contribution in [2.45, 2.75) is 36.9 Å². The predicted octanol–water partition coefficient (Wildman–Crippen LogP) is 3.51. The number of halogens is 4. The van der Waals surface area contributed by atoms with E-state index < -0.39 is 60.6 Å². The number of hydrogen-bond acceptors (Lipinski definition) is 5. The van der Waals surface area contributed by atoms with Crippen molar-refractivity contribution in [1.29, 1.82) is 0 Å². The van der Waals surface area contributed by atoms with Crippen LogP contribution in [0.3, 0.4) is 0 Å². The van der Waals surface area contributed by atoms with E-state index in [0.29, 0.717) is 6.54 Å². The van der Waals surface area contributed by atoms with Crippen molar-refractivity contribution in [2.24, 2.45) is 0 Å². The number of carbonyl (C=O) groups excluding carboxylic acids is 3. The average molecular weight is 539 g/mol. The maximum Gasteiger partial charge on any atom is 0.410 e. The molecule has 1 saturated carbocycles. The number of benzene rings is 2. The Kier molecular flexibility index (Phi) is 7.93. The Morgan fingerprint density at radius 3 is 2.57 bits per heavy atom. The SMILES string of the molecule is COC(=O)N1CCNC[C@H]1C(=O)N(c1cccc(F)c1)[C@@H](C(=O)NC1CC(F)(F)C1)c1ccccc1Cl. The number of anilines is 1. The van der Waals surface area contributed by atoms with E-state index in [1.807, 2.05) is 0 Å². The zero-order valence-electron chi connectivity index (χ0n) is 19.9. The summed E-state index contributed by atoms with van der Waals surface area (Å²) in [6.45, 7) is 0.606. The number of ether oxygens (including phenoxy) is 1. The standard InChI is InChI=1S/C25H26ClF3N4O4/c1-37-24(36)32-10-9-30-14-20(32)23(35)33(17-6-4-5-15(27)11-17)21(18-7-2-3-8-19(18)26)22(34)31-16-12-25(28,29)13-16/h2-8,11,16,20-21,30H,9-10,12-14H2,1H3,(H,31,34)/t20-,21+/m0/s1. The van der Waals surface area contributed by atoms with Crippen LogP contribution in [0, 0.1) is 5.82 Å². The fourth-order valence-corrected chi connectivity index (χ4v) is 4.83. The highest BCUT2D eigenvalue weighted by Gasteiger charge is 2.48. The van der Waals surface area contributed by atoms with Crippen molar-refractivity contribution in [2.75, 3.05) is 31.6 Å². The van der Waals surface area contributed by atoms with Gasteiger partial charge in [-0.3, -0.25) is 19.4 Å². The van der Waals surface area contributed by atoms with Crippen molar-refractivity contribution >= 4 is 35.2 Å². The van der Waals surface area contributed by atoms with Crippen molar-refractivity contribution in [1.82, 2.24) is 15.5 Å². The monoisotopic (exact) mass is 538 g/mol. The number of hydrogen-bond donors (Lipinski definition) is 2. The summed E-state index contributed by atoms with van der Waals surface area (Å²) in [4.78, 5) is 42.5. The summed E-state index contributed by atoms with van der Waals surface area (Å²) in [5, 5.41) is 5.76. The van der Waals surface area contributed by atoms with Gasteiger partial charge in [0.2, 0.25) is 5.91 Å². The zero-order valence-corrected chi connectivity index (χ0v) is 20.7. The molecule has 4 rings (SSSR count). The van der Waals surface area contributed by atoms with Gasteiger partial charge in [0.1, 0.15) is 17.9 Å². The Bertz CT molecular complexity index is 1180. The number of nitrogens with zero attached hydrogens (tertiary/aromatic N) is 2. The Labute approximate surface area is 216 Å². The van der Waals surface area contributed by atoms with Crippen molar-refractivity contribution in [3.63, 3.8) is 0 Å². The Balaban J connectivity index is 1.80. The van der Waals surface area contributed by atoms with Crippen LogP contribution >= 0.6 is 11.6 Å². The first kappa shape index (κ1) is 26.7. The van der Waals surface area contributed by atoms with E-state index in [9.17, 15) is 27.6 Å². The van der Waals surface area contributed by atoms with Gasteiger partial charge in [-0.1, -0.05) is 35.9 Å². The van der Waals surface area contributed by atoms with Crippen LogP contribution in [-0.4, -0.2) is 67.6 Å². The van der Waals surface area contributed by atoms with Crippen LogP contribution in [0.1, 0.15) is 24.4 Å². The fraction of sp³-hybridized carbons (Fsp3) is 0.400. The molecule has 2 atom stereocenters. The molecule has 0 bridgehead atoms. The minimum atomic E-state index is -2.88. The Hall–Kier alpha value is -3.31. The lowest BCUT2D eigenvalue weighted by Crippen LogP contribution is -2.62. The van der Waals surface area contributed by atoms with Crippen LogP contribution in [0.15, 0.2) is 48.5 Å². The molecule has 2 aromatic rings. The second-order valence-electron chi connectivity index (χ2n) is 8.97. The fourth-order valence-electron chi connectivity index (χ4n) is 4.59. The van der Waals surface area contributed by atoms with Gasteiger partial charge in [-0.15, -0.1) is 0 Å². The molecule has 1 saturated heterocycles. The smallest absolute Gasteiger partial charge is 0.410 e. The van der Waals surface area contributed by atoms with Crippen LogP contribution in [0.25, 0.3) is 0 Å². The largest absolute Gasteiger partial charge is 0.453 e. The predicted molar refractivity (Wildman–Crippen MR) is 130 cm³/mol. The number of piperazine rings is 1. The lowest BCUT2D eigenvalue weighted by atomic mass is 9.87. The Morgan fingerprint density at radius 2 is 1.92 bits per heavy atom. The van der Waals surface area contributed by atoms with E-state index in [4.69, 9.17) is 16.3 Å². The number of nitrogens with one attached hydrogen (secondary N) is 2. The van der Waals surface area contributed by atoms with Gasteiger partial charge in [-0.25, -0.2) is 18.0 Å². The van der Waals surface area contributed by atoms with Gasteiger partial charge < -0.3 is 15.4 Å². The summed E-state index contributed by atoms with van der Waals surface area (Å²) in [5.41, 5.74) is 0.234. The zero-order chi connectivity index (χ0) is 26.7. The molecule has 2 fully saturated rings. The van der Waals surface area contributed by atoms with E-state index >= 15 is 0 Å². The number of alkyl halides is 2. The second kappa shape index (κ2) is 11.0. The molecule has 1 aliphatic carbocycles. The summed E-state index contributed by atoms with van der Waals surface area (Å²) in [7, 11) is 1.19.